The molecule has 102 valence electrons. The summed E-state index contributed by atoms with van der Waals surface area (Å²) in [4.78, 5) is 28.8. The maximum Gasteiger partial charge on any atom is 0.363 e. The second-order valence-corrected chi connectivity index (χ2v) is 4.59. The molecule has 0 saturated carbocycles. The summed E-state index contributed by atoms with van der Waals surface area (Å²) in [6, 6.07) is 8.59. The van der Waals surface area contributed by atoms with E-state index in [1.807, 2.05) is 6.07 Å². The van der Waals surface area contributed by atoms with E-state index in [-0.39, 0.29) is 11.9 Å². The Bertz CT molecular complexity index is 441. The molecule has 0 aromatic heterocycles. The van der Waals surface area contributed by atoms with Crippen LogP contribution in [0, 0.1) is 0 Å². The third-order valence-corrected chi connectivity index (χ3v) is 3.10. The number of carbonyl (C=O) groups excluding carboxylic acids is 2. The number of amides is 1. The lowest BCUT2D eigenvalue weighted by atomic mass is 10.1. The molecule has 0 radical (unpaired) electrons. The monoisotopic (exact) mass is 262 g/mol. The lowest BCUT2D eigenvalue weighted by Crippen LogP contribution is -2.48. The predicted octanol–water partition coefficient (Wildman–Crippen LogP) is 1.36. The number of hydroxylamine groups is 2. The molecule has 5 heteroatoms. The first-order valence-electron chi connectivity index (χ1n) is 6.46. The first-order chi connectivity index (χ1) is 9.18. The zero-order valence-electron chi connectivity index (χ0n) is 11.0. The zero-order valence-corrected chi connectivity index (χ0v) is 11.0. The predicted molar refractivity (Wildman–Crippen MR) is 70.3 cm³/mol. The molecule has 1 aromatic carbocycles. The van der Waals surface area contributed by atoms with Gasteiger partial charge in [0.05, 0.1) is 11.6 Å². The van der Waals surface area contributed by atoms with Crippen LogP contribution in [0.25, 0.3) is 0 Å². The third-order valence-electron chi connectivity index (χ3n) is 3.10. The highest BCUT2D eigenvalue weighted by atomic mass is 16.7. The molecule has 1 unspecified atom stereocenters. The molecular formula is C14H18N2O3. The van der Waals surface area contributed by atoms with Crippen molar-refractivity contribution in [2.45, 2.75) is 25.8 Å². The van der Waals surface area contributed by atoms with Gasteiger partial charge in [-0.1, -0.05) is 18.2 Å². The van der Waals surface area contributed by atoms with Crippen molar-refractivity contribution in [3.63, 3.8) is 0 Å². The van der Waals surface area contributed by atoms with Crippen molar-refractivity contribution in [1.29, 1.82) is 0 Å². The molecule has 0 aliphatic carbocycles. The SMILES string of the molecule is CC(=O)N(OC(=O)c1ccccc1)C1CCCNC1. The topological polar surface area (TPSA) is 58.6 Å². The van der Waals surface area contributed by atoms with Crippen molar-refractivity contribution in [2.24, 2.45) is 0 Å². The fourth-order valence-corrected chi connectivity index (χ4v) is 2.15. The highest BCUT2D eigenvalue weighted by Gasteiger charge is 2.27. The minimum Gasteiger partial charge on any atom is -0.332 e. The summed E-state index contributed by atoms with van der Waals surface area (Å²) in [5, 5.41) is 4.39. The van der Waals surface area contributed by atoms with E-state index < -0.39 is 5.97 Å². The van der Waals surface area contributed by atoms with Gasteiger partial charge in [0.2, 0.25) is 0 Å². The van der Waals surface area contributed by atoms with E-state index >= 15 is 0 Å². The molecule has 1 heterocycles. The minimum atomic E-state index is -0.499. The highest BCUT2D eigenvalue weighted by Crippen LogP contribution is 2.13. The maximum absolute atomic E-state index is 12.0. The average Bonchev–Trinajstić information content (AvgIpc) is 2.46. The van der Waals surface area contributed by atoms with E-state index in [1.165, 1.54) is 12.0 Å². The van der Waals surface area contributed by atoms with Crippen molar-refractivity contribution >= 4 is 11.9 Å². The van der Waals surface area contributed by atoms with Crippen LogP contribution in [0.2, 0.25) is 0 Å². The first-order valence-corrected chi connectivity index (χ1v) is 6.46. The summed E-state index contributed by atoms with van der Waals surface area (Å²) in [7, 11) is 0. The van der Waals surface area contributed by atoms with Crippen LogP contribution in [0.5, 0.6) is 0 Å². The molecule has 1 amide bonds. The van der Waals surface area contributed by atoms with Crippen LogP contribution < -0.4 is 5.32 Å². The standard InChI is InChI=1S/C14H18N2O3/c1-11(17)16(13-8-5-9-15-10-13)19-14(18)12-6-3-2-4-7-12/h2-4,6-7,13,15H,5,8-10H2,1H3. The van der Waals surface area contributed by atoms with Gasteiger partial charge in [-0.15, -0.1) is 0 Å². The quantitative estimate of drug-likeness (QED) is 0.818. The maximum atomic E-state index is 12.0. The van der Waals surface area contributed by atoms with Gasteiger partial charge in [0, 0.05) is 13.5 Å². The Balaban J connectivity index is 2.04. The fourth-order valence-electron chi connectivity index (χ4n) is 2.15. The molecule has 1 saturated heterocycles. The molecule has 5 nitrogen and oxygen atoms in total. The van der Waals surface area contributed by atoms with Gasteiger partial charge in [-0.3, -0.25) is 4.79 Å². The Morgan fingerprint density at radius 2 is 2.05 bits per heavy atom. The van der Waals surface area contributed by atoms with Gasteiger partial charge in [0.25, 0.3) is 5.91 Å². The lowest BCUT2D eigenvalue weighted by Gasteiger charge is -2.31. The summed E-state index contributed by atoms with van der Waals surface area (Å²) in [6.07, 6.45) is 1.81. The largest absolute Gasteiger partial charge is 0.363 e. The smallest absolute Gasteiger partial charge is 0.332 e. The molecule has 1 aliphatic heterocycles. The average molecular weight is 262 g/mol. The molecule has 0 spiro atoms. The van der Waals surface area contributed by atoms with E-state index in [0.717, 1.165) is 19.4 Å². The number of nitrogens with one attached hydrogen (secondary N) is 1. The summed E-state index contributed by atoms with van der Waals surface area (Å²) in [6.45, 7) is 3.00. The van der Waals surface area contributed by atoms with Gasteiger partial charge in [-0.25, -0.2) is 4.79 Å². The van der Waals surface area contributed by atoms with Crippen molar-refractivity contribution in [2.75, 3.05) is 13.1 Å². The van der Waals surface area contributed by atoms with Crippen LogP contribution in [-0.2, 0) is 9.63 Å². The van der Waals surface area contributed by atoms with Gasteiger partial charge in [0.15, 0.2) is 0 Å². The number of nitrogens with zero attached hydrogens (tertiary/aromatic N) is 1. The van der Waals surface area contributed by atoms with Crippen LogP contribution >= 0.6 is 0 Å². The summed E-state index contributed by atoms with van der Waals surface area (Å²) < 4.78 is 0. The highest BCUT2D eigenvalue weighted by molar-refractivity contribution is 5.90. The second-order valence-electron chi connectivity index (χ2n) is 4.59. The number of rotatable bonds is 2. The van der Waals surface area contributed by atoms with Gasteiger partial charge in [-0.2, -0.15) is 5.06 Å². The van der Waals surface area contributed by atoms with E-state index in [9.17, 15) is 9.59 Å². The summed E-state index contributed by atoms with van der Waals surface area (Å²) >= 11 is 0. The van der Waals surface area contributed by atoms with Crippen molar-refractivity contribution in [3.05, 3.63) is 35.9 Å². The number of carbonyl (C=O) groups is 2. The molecule has 19 heavy (non-hydrogen) atoms. The van der Waals surface area contributed by atoms with Crippen LogP contribution in [-0.4, -0.2) is 36.1 Å². The summed E-state index contributed by atoms with van der Waals surface area (Å²) in [5.74, 6) is -0.751. The molecule has 1 atom stereocenters. The van der Waals surface area contributed by atoms with Crippen molar-refractivity contribution < 1.29 is 14.4 Å². The van der Waals surface area contributed by atoms with E-state index in [2.05, 4.69) is 5.32 Å². The van der Waals surface area contributed by atoms with Crippen LogP contribution in [0.15, 0.2) is 30.3 Å². The number of benzene rings is 1. The van der Waals surface area contributed by atoms with Crippen molar-refractivity contribution in [1.82, 2.24) is 10.4 Å². The Hall–Kier alpha value is -1.88. The normalized spacial score (nSPS) is 18.7. The first kappa shape index (κ1) is 13.5. The van der Waals surface area contributed by atoms with Crippen LogP contribution in [0.4, 0.5) is 0 Å². The zero-order chi connectivity index (χ0) is 13.7. The number of piperidine rings is 1. The van der Waals surface area contributed by atoms with Crippen LogP contribution in [0.1, 0.15) is 30.1 Å². The third kappa shape index (κ3) is 3.54. The molecule has 1 fully saturated rings. The molecule has 1 N–H and O–H groups in total. The molecular weight excluding hydrogens is 244 g/mol. The summed E-state index contributed by atoms with van der Waals surface area (Å²) in [5.41, 5.74) is 0.442. The fraction of sp³-hybridized carbons (Fsp3) is 0.429. The van der Waals surface area contributed by atoms with E-state index in [4.69, 9.17) is 4.84 Å². The molecule has 2 rings (SSSR count). The molecule has 1 aliphatic rings. The second kappa shape index (κ2) is 6.33. The van der Waals surface area contributed by atoms with E-state index in [1.54, 1.807) is 24.3 Å². The number of hydrogen-bond donors (Lipinski definition) is 1. The van der Waals surface area contributed by atoms with Gasteiger partial charge in [0.1, 0.15) is 0 Å². The molecule has 1 aromatic rings. The Morgan fingerprint density at radius 3 is 2.63 bits per heavy atom. The Morgan fingerprint density at radius 1 is 1.32 bits per heavy atom. The van der Waals surface area contributed by atoms with Gasteiger partial charge < -0.3 is 10.2 Å². The number of hydrogen-bond acceptors (Lipinski definition) is 4. The lowest BCUT2D eigenvalue weighted by molar-refractivity contribution is -0.176. The van der Waals surface area contributed by atoms with Crippen molar-refractivity contribution in [3.8, 4) is 0 Å². The Labute approximate surface area is 112 Å². The van der Waals surface area contributed by atoms with Crippen LogP contribution in [0.3, 0.4) is 0 Å². The van der Waals surface area contributed by atoms with E-state index in [0.29, 0.717) is 12.1 Å². The van der Waals surface area contributed by atoms with Gasteiger partial charge in [-0.05, 0) is 31.5 Å². The van der Waals surface area contributed by atoms with Gasteiger partial charge >= 0.3 is 5.97 Å². The minimum absolute atomic E-state index is 0.0843. The Kier molecular flexibility index (Phi) is 4.52. The molecule has 0 bridgehead atoms.